The Hall–Kier alpha value is -2.20. The minimum absolute atomic E-state index is 0. The van der Waals surface area contributed by atoms with Crippen molar-refractivity contribution < 1.29 is 21.8 Å². The lowest BCUT2D eigenvalue weighted by atomic mass is 10.2. The molecule has 0 bridgehead atoms. The molecule has 5 heteroatoms. The summed E-state index contributed by atoms with van der Waals surface area (Å²) in [5, 5.41) is 3.90. The van der Waals surface area contributed by atoms with Gasteiger partial charge in [0.2, 0.25) is 0 Å². The topological polar surface area (TPSA) is 45.3 Å². The molecule has 0 spiro atoms. The van der Waals surface area contributed by atoms with E-state index in [-0.39, 0.29) is 18.3 Å². The third-order valence-corrected chi connectivity index (χ3v) is 2.74. The number of nitrogens with zero attached hydrogens (tertiary/aromatic N) is 2. The molecule has 110 valence electrons. The molecule has 1 aromatic heterocycles. The quantitative estimate of drug-likeness (QED) is 0.446. The van der Waals surface area contributed by atoms with Crippen molar-refractivity contribution in [2.75, 3.05) is 0 Å². The highest BCUT2D eigenvalue weighted by Crippen LogP contribution is 1.99. The summed E-state index contributed by atoms with van der Waals surface area (Å²) in [6.07, 6.45) is 3.79. The maximum atomic E-state index is 11.8. The van der Waals surface area contributed by atoms with Crippen LogP contribution in [0.2, 0.25) is 0 Å². The fourth-order valence-corrected chi connectivity index (χ4v) is 1.74. The van der Waals surface area contributed by atoms with Crippen LogP contribution in [0, 0.1) is 0 Å². The van der Waals surface area contributed by atoms with E-state index >= 15 is 0 Å². The number of carbonyl (C=O) groups excluding carboxylic acids is 1. The van der Waals surface area contributed by atoms with Gasteiger partial charge >= 0.3 is 0 Å². The SMILES string of the molecule is CC(C)=NNC(=O)c1cc[n+](Cc2ccccc2)cc1.[Cl-]. The monoisotopic (exact) mass is 303 g/mol. The Balaban J connectivity index is 0.00000220. The number of nitrogens with one attached hydrogen (secondary N) is 1. The second-order valence-corrected chi connectivity index (χ2v) is 4.74. The van der Waals surface area contributed by atoms with Crippen LogP contribution >= 0.6 is 0 Å². The molecule has 0 aliphatic heterocycles. The van der Waals surface area contributed by atoms with E-state index in [1.165, 1.54) is 5.56 Å². The molecule has 4 nitrogen and oxygen atoms in total. The zero-order valence-electron chi connectivity index (χ0n) is 12.1. The average Bonchev–Trinajstić information content (AvgIpc) is 2.46. The van der Waals surface area contributed by atoms with Crippen molar-refractivity contribution in [2.24, 2.45) is 5.10 Å². The van der Waals surface area contributed by atoms with E-state index in [4.69, 9.17) is 0 Å². The number of carbonyl (C=O) groups is 1. The highest BCUT2D eigenvalue weighted by molar-refractivity contribution is 5.94. The summed E-state index contributed by atoms with van der Waals surface area (Å²) in [7, 11) is 0. The summed E-state index contributed by atoms with van der Waals surface area (Å²) in [5.74, 6) is -0.196. The van der Waals surface area contributed by atoms with Crippen LogP contribution in [-0.2, 0) is 6.54 Å². The fraction of sp³-hybridized carbons (Fsp3) is 0.188. The molecule has 0 aliphatic rings. The van der Waals surface area contributed by atoms with Crippen molar-refractivity contribution in [1.29, 1.82) is 0 Å². The minimum atomic E-state index is -0.196. The van der Waals surface area contributed by atoms with Crippen LogP contribution in [0.1, 0.15) is 29.8 Å². The van der Waals surface area contributed by atoms with Gasteiger partial charge in [-0.25, -0.2) is 9.99 Å². The van der Waals surface area contributed by atoms with Crippen LogP contribution in [-0.4, -0.2) is 11.6 Å². The van der Waals surface area contributed by atoms with Gasteiger partial charge in [-0.1, -0.05) is 30.3 Å². The van der Waals surface area contributed by atoms with Crippen LogP contribution in [0.3, 0.4) is 0 Å². The highest BCUT2D eigenvalue weighted by atomic mass is 35.5. The Kier molecular flexibility index (Phi) is 6.56. The molecule has 0 fully saturated rings. The third-order valence-electron chi connectivity index (χ3n) is 2.74. The molecule has 21 heavy (non-hydrogen) atoms. The van der Waals surface area contributed by atoms with Crippen molar-refractivity contribution in [3.05, 3.63) is 66.0 Å². The van der Waals surface area contributed by atoms with E-state index in [2.05, 4.69) is 22.7 Å². The fourth-order valence-electron chi connectivity index (χ4n) is 1.74. The summed E-state index contributed by atoms with van der Waals surface area (Å²) in [5.41, 5.74) is 5.14. The Labute approximate surface area is 130 Å². The van der Waals surface area contributed by atoms with Crippen molar-refractivity contribution >= 4 is 11.6 Å². The molecule has 0 atom stereocenters. The largest absolute Gasteiger partial charge is 1.00 e. The smallest absolute Gasteiger partial charge is 0.271 e. The van der Waals surface area contributed by atoms with Gasteiger partial charge in [0.1, 0.15) is 0 Å². The van der Waals surface area contributed by atoms with Crippen LogP contribution in [0.4, 0.5) is 0 Å². The maximum absolute atomic E-state index is 11.8. The molecule has 0 radical (unpaired) electrons. The number of aromatic nitrogens is 1. The van der Waals surface area contributed by atoms with Crippen molar-refractivity contribution in [3.8, 4) is 0 Å². The third kappa shape index (κ3) is 5.36. The first-order valence-electron chi connectivity index (χ1n) is 6.49. The second kappa shape index (κ2) is 8.17. The lowest BCUT2D eigenvalue weighted by Gasteiger charge is -2.01. The van der Waals surface area contributed by atoms with Crippen LogP contribution < -0.4 is 22.4 Å². The number of amides is 1. The lowest BCUT2D eigenvalue weighted by Crippen LogP contribution is -3.00. The number of hydrazone groups is 1. The first kappa shape index (κ1) is 16.9. The molecule has 0 saturated heterocycles. The minimum Gasteiger partial charge on any atom is -1.00 e. The van der Waals surface area contributed by atoms with Crippen LogP contribution in [0.15, 0.2) is 60.0 Å². The van der Waals surface area contributed by atoms with Crippen molar-refractivity contribution in [2.45, 2.75) is 20.4 Å². The molecule has 2 rings (SSSR count). The predicted molar refractivity (Wildman–Crippen MR) is 78.4 cm³/mol. The van der Waals surface area contributed by atoms with Crippen LogP contribution in [0.5, 0.6) is 0 Å². The van der Waals surface area contributed by atoms with Gasteiger partial charge in [0.15, 0.2) is 18.9 Å². The number of rotatable bonds is 4. The van der Waals surface area contributed by atoms with Gasteiger partial charge in [0.05, 0.1) is 5.56 Å². The molecule has 0 saturated carbocycles. The van der Waals surface area contributed by atoms with Crippen molar-refractivity contribution in [1.82, 2.24) is 5.43 Å². The van der Waals surface area contributed by atoms with Crippen molar-refractivity contribution in [3.63, 3.8) is 0 Å². The zero-order valence-corrected chi connectivity index (χ0v) is 12.8. The molecule has 1 N–H and O–H groups in total. The van der Waals surface area contributed by atoms with E-state index in [0.717, 1.165) is 12.3 Å². The zero-order chi connectivity index (χ0) is 14.4. The number of hydrogen-bond donors (Lipinski definition) is 1. The van der Waals surface area contributed by atoms with E-state index in [1.54, 1.807) is 12.1 Å². The summed E-state index contributed by atoms with van der Waals surface area (Å²) in [4.78, 5) is 11.8. The summed E-state index contributed by atoms with van der Waals surface area (Å²) in [6.45, 7) is 4.45. The molecule has 0 aliphatic carbocycles. The molecular weight excluding hydrogens is 286 g/mol. The van der Waals surface area contributed by atoms with Gasteiger partial charge in [-0.3, -0.25) is 4.79 Å². The summed E-state index contributed by atoms with van der Waals surface area (Å²) < 4.78 is 2.03. The second-order valence-electron chi connectivity index (χ2n) is 4.74. The average molecular weight is 304 g/mol. The molecule has 0 unspecified atom stereocenters. The van der Waals surface area contributed by atoms with Gasteiger partial charge in [-0.15, -0.1) is 0 Å². The number of benzene rings is 1. The van der Waals surface area contributed by atoms with Gasteiger partial charge in [0.25, 0.3) is 5.91 Å². The lowest BCUT2D eigenvalue weighted by molar-refractivity contribution is -0.688. The molecule has 1 heterocycles. The summed E-state index contributed by atoms with van der Waals surface area (Å²) >= 11 is 0. The summed E-state index contributed by atoms with van der Waals surface area (Å²) in [6, 6.07) is 13.8. The number of hydrogen-bond acceptors (Lipinski definition) is 2. The highest BCUT2D eigenvalue weighted by Gasteiger charge is 2.07. The van der Waals surface area contributed by atoms with Gasteiger partial charge < -0.3 is 12.4 Å². The Bertz CT molecular complexity index is 605. The van der Waals surface area contributed by atoms with Gasteiger partial charge in [-0.2, -0.15) is 5.10 Å². The Morgan fingerprint density at radius 1 is 1.10 bits per heavy atom. The predicted octanol–water partition coefficient (Wildman–Crippen LogP) is -0.848. The van der Waals surface area contributed by atoms with E-state index in [9.17, 15) is 4.79 Å². The molecule has 1 amide bonds. The number of halogens is 1. The normalized spacial score (nSPS) is 9.43. The van der Waals surface area contributed by atoms with Crippen LogP contribution in [0.25, 0.3) is 0 Å². The molecule has 2 aromatic rings. The van der Waals surface area contributed by atoms with Gasteiger partial charge in [0, 0.05) is 23.4 Å². The van der Waals surface area contributed by atoms with Gasteiger partial charge in [-0.05, 0) is 13.8 Å². The maximum Gasteiger partial charge on any atom is 0.271 e. The first-order valence-corrected chi connectivity index (χ1v) is 6.49. The van der Waals surface area contributed by atoms with E-state index < -0.39 is 0 Å². The Morgan fingerprint density at radius 2 is 1.71 bits per heavy atom. The number of pyridine rings is 1. The molecular formula is C16H18ClN3O. The van der Waals surface area contributed by atoms with E-state index in [1.807, 2.05) is 49.0 Å². The first-order chi connectivity index (χ1) is 9.65. The molecule has 1 aromatic carbocycles. The standard InChI is InChI=1S/C16H17N3O.ClH/c1-13(2)17-18-16(20)15-8-10-19(11-9-15)12-14-6-4-3-5-7-14;/h3-11H,12H2,1-2H3;1H. The Morgan fingerprint density at radius 3 is 2.29 bits per heavy atom. The van der Waals surface area contributed by atoms with E-state index in [0.29, 0.717) is 5.56 Å².